The summed E-state index contributed by atoms with van der Waals surface area (Å²) in [5.74, 6) is 2.27. The first-order valence-electron chi connectivity index (χ1n) is 19.7. The van der Waals surface area contributed by atoms with Crippen LogP contribution in [0.4, 0.5) is 10.7 Å². The summed E-state index contributed by atoms with van der Waals surface area (Å²) in [5, 5.41) is 9.97. The fourth-order valence-electron chi connectivity index (χ4n) is 8.86. The molecule has 1 amide bonds. The maximum atomic E-state index is 12.5. The van der Waals surface area contributed by atoms with Gasteiger partial charge in [0.1, 0.15) is 18.0 Å². The van der Waals surface area contributed by atoms with Crippen LogP contribution in [0.2, 0.25) is 5.02 Å². The summed E-state index contributed by atoms with van der Waals surface area (Å²) in [5.41, 5.74) is 3.17. The number of likely N-dealkylation sites (tertiary alicyclic amines) is 2. The van der Waals surface area contributed by atoms with Crippen LogP contribution < -0.4 is 9.64 Å². The lowest BCUT2D eigenvalue weighted by Gasteiger charge is -2.54. The molecule has 3 saturated heterocycles. The number of rotatable bonds is 9. The minimum Gasteiger partial charge on any atom is -0.487 e. The van der Waals surface area contributed by atoms with Crippen LogP contribution in [0.25, 0.3) is 0 Å². The first kappa shape index (κ1) is 38.4. The van der Waals surface area contributed by atoms with Gasteiger partial charge in [-0.25, -0.2) is 14.8 Å². The molecule has 0 radical (unpaired) electrons. The third-order valence-corrected chi connectivity index (χ3v) is 12.4. The van der Waals surface area contributed by atoms with Gasteiger partial charge in [0.2, 0.25) is 5.95 Å². The van der Waals surface area contributed by atoms with Crippen molar-refractivity contribution < 1.29 is 14.3 Å². The van der Waals surface area contributed by atoms with E-state index in [2.05, 4.69) is 51.7 Å². The Morgan fingerprint density at radius 3 is 2.35 bits per heavy atom. The van der Waals surface area contributed by atoms with Gasteiger partial charge in [-0.15, -0.1) is 0 Å². The fourth-order valence-corrected chi connectivity index (χ4v) is 9.09. The van der Waals surface area contributed by atoms with Gasteiger partial charge in [-0.3, -0.25) is 4.90 Å². The van der Waals surface area contributed by atoms with E-state index in [4.69, 9.17) is 26.1 Å². The molecule has 11 heteroatoms. The van der Waals surface area contributed by atoms with Gasteiger partial charge in [0.25, 0.3) is 0 Å². The Hall–Kier alpha value is -3.91. The molecule has 1 saturated carbocycles. The Morgan fingerprint density at radius 2 is 1.67 bits per heavy atom. The molecular weight excluding hydrogens is 698 g/mol. The second-order valence-corrected chi connectivity index (χ2v) is 18.0. The molecule has 1 spiro atoms. The van der Waals surface area contributed by atoms with Crippen molar-refractivity contribution in [2.24, 2.45) is 11.3 Å². The molecule has 288 valence electrons. The number of ether oxygens (including phenoxy) is 2. The average Bonchev–Trinajstić information content (AvgIpc) is 3.60. The van der Waals surface area contributed by atoms with Crippen LogP contribution in [0.15, 0.2) is 54.7 Å². The predicted molar refractivity (Wildman–Crippen MR) is 212 cm³/mol. The van der Waals surface area contributed by atoms with Gasteiger partial charge < -0.3 is 24.2 Å². The van der Waals surface area contributed by atoms with Gasteiger partial charge in [0.05, 0.1) is 17.3 Å². The van der Waals surface area contributed by atoms with Gasteiger partial charge in [0, 0.05) is 75.0 Å². The molecule has 7 rings (SSSR count). The number of halogens is 1. The maximum Gasteiger partial charge on any atom is 0.410 e. The molecule has 0 N–H and O–H groups in total. The second kappa shape index (κ2) is 15.7. The molecule has 2 aromatic carbocycles. The number of piperidine rings is 1. The Morgan fingerprint density at radius 1 is 0.944 bits per heavy atom. The smallest absolute Gasteiger partial charge is 0.410 e. The summed E-state index contributed by atoms with van der Waals surface area (Å²) in [7, 11) is 0. The maximum absolute atomic E-state index is 12.5. The van der Waals surface area contributed by atoms with Gasteiger partial charge in [-0.1, -0.05) is 37.6 Å². The standard InChI is InChI=1S/C43H56ClN7O3/c1-41(2,3)54-40(52)50-16-12-43(13-17-50)25-37(26-43)51-15-11-31(29-51)28-48-18-20-49(21-19-48)39-46-14-10-36(47-39)30-53-38-8-6-33(7-9-38)42(4,5)34-22-32(27-45)23-35(44)24-34/h6-10,14,22-24,31,37H,11-13,15-21,25-26,28-30H2,1-5H3. The lowest BCUT2D eigenvalue weighted by Crippen LogP contribution is -2.55. The Kier molecular flexibility index (Phi) is 11.1. The van der Waals surface area contributed by atoms with E-state index >= 15 is 0 Å². The molecule has 1 aromatic heterocycles. The van der Waals surface area contributed by atoms with E-state index in [1.165, 1.54) is 32.4 Å². The van der Waals surface area contributed by atoms with E-state index in [-0.39, 0.29) is 11.5 Å². The molecule has 1 aliphatic carbocycles. The van der Waals surface area contributed by atoms with Crippen LogP contribution in [-0.2, 0) is 16.8 Å². The molecule has 4 heterocycles. The number of carbonyl (C=O) groups excluding carboxylic acids is 1. The highest BCUT2D eigenvalue weighted by atomic mass is 35.5. The van der Waals surface area contributed by atoms with Crippen LogP contribution in [0.1, 0.15) is 89.1 Å². The van der Waals surface area contributed by atoms with Crippen molar-refractivity contribution in [1.82, 2.24) is 24.7 Å². The minimum atomic E-state index is -0.438. The summed E-state index contributed by atoms with van der Waals surface area (Å²) in [6.07, 6.45) is 7.74. The van der Waals surface area contributed by atoms with Crippen molar-refractivity contribution in [3.63, 3.8) is 0 Å². The highest BCUT2D eigenvalue weighted by molar-refractivity contribution is 6.30. The largest absolute Gasteiger partial charge is 0.487 e. The first-order chi connectivity index (χ1) is 25.8. The molecular formula is C43H56ClN7O3. The van der Waals surface area contributed by atoms with Crippen molar-refractivity contribution in [3.8, 4) is 11.8 Å². The van der Waals surface area contributed by atoms with Crippen molar-refractivity contribution in [2.75, 3.05) is 63.8 Å². The van der Waals surface area contributed by atoms with Crippen LogP contribution in [-0.4, -0.2) is 101 Å². The molecule has 10 nitrogen and oxygen atoms in total. The number of carbonyl (C=O) groups is 1. The molecule has 3 aliphatic heterocycles. The van der Waals surface area contributed by atoms with Crippen molar-refractivity contribution in [3.05, 3.63) is 82.1 Å². The third kappa shape index (κ3) is 8.96. The highest BCUT2D eigenvalue weighted by Gasteiger charge is 2.49. The van der Waals surface area contributed by atoms with Crippen molar-refractivity contribution in [1.29, 1.82) is 5.26 Å². The van der Waals surface area contributed by atoms with E-state index in [0.29, 0.717) is 28.6 Å². The van der Waals surface area contributed by atoms with Crippen LogP contribution in [0.5, 0.6) is 5.75 Å². The molecule has 0 bridgehead atoms. The lowest BCUT2D eigenvalue weighted by atomic mass is 9.60. The van der Waals surface area contributed by atoms with Crippen LogP contribution in [0.3, 0.4) is 0 Å². The van der Waals surface area contributed by atoms with Crippen LogP contribution in [0, 0.1) is 22.7 Å². The van der Waals surface area contributed by atoms with Gasteiger partial charge in [-0.2, -0.15) is 5.26 Å². The van der Waals surface area contributed by atoms with E-state index in [0.717, 1.165) is 93.1 Å². The Bertz CT molecular complexity index is 1810. The number of aromatic nitrogens is 2. The molecule has 4 fully saturated rings. The summed E-state index contributed by atoms with van der Waals surface area (Å²) < 4.78 is 11.8. The third-order valence-electron chi connectivity index (χ3n) is 12.2. The first-order valence-corrected chi connectivity index (χ1v) is 20.1. The van der Waals surface area contributed by atoms with E-state index in [1.807, 2.05) is 62.2 Å². The lowest BCUT2D eigenvalue weighted by molar-refractivity contribution is -0.0432. The van der Waals surface area contributed by atoms with Gasteiger partial charge in [0.15, 0.2) is 0 Å². The number of anilines is 1. The minimum absolute atomic E-state index is 0.157. The molecule has 54 heavy (non-hydrogen) atoms. The zero-order valence-electron chi connectivity index (χ0n) is 32.7. The summed E-state index contributed by atoms with van der Waals surface area (Å²) in [6, 6.07) is 18.5. The number of piperazine rings is 1. The molecule has 1 atom stereocenters. The topological polar surface area (TPSA) is 98.1 Å². The van der Waals surface area contributed by atoms with E-state index < -0.39 is 5.60 Å². The normalized spacial score (nSPS) is 21.2. The number of hydrogen-bond donors (Lipinski definition) is 0. The van der Waals surface area contributed by atoms with E-state index in [9.17, 15) is 10.1 Å². The second-order valence-electron chi connectivity index (χ2n) is 17.6. The molecule has 3 aromatic rings. The highest BCUT2D eigenvalue weighted by Crippen LogP contribution is 2.51. The fraction of sp³-hybridized carbons (Fsp3) is 0.581. The Labute approximate surface area is 326 Å². The molecule has 1 unspecified atom stereocenters. The number of nitriles is 1. The number of nitrogens with zero attached hydrogens (tertiary/aromatic N) is 7. The monoisotopic (exact) mass is 753 g/mol. The SMILES string of the molecule is CC(C)(C)OC(=O)N1CCC2(CC1)CC(N1CCC(CN3CCN(c4nccc(COc5ccc(C(C)(C)c6cc(Cl)cc(C#N)c6)cc5)n4)CC3)C1)C2. The quantitative estimate of drug-likeness (QED) is 0.220. The number of hydrogen-bond acceptors (Lipinski definition) is 9. The number of benzene rings is 2. The number of amides is 1. The predicted octanol–water partition coefficient (Wildman–Crippen LogP) is 7.53. The zero-order chi connectivity index (χ0) is 38.1. The van der Waals surface area contributed by atoms with Gasteiger partial charge in [-0.05, 0) is 118 Å². The van der Waals surface area contributed by atoms with Crippen LogP contribution >= 0.6 is 11.6 Å². The average molecular weight is 754 g/mol. The summed E-state index contributed by atoms with van der Waals surface area (Å²) >= 11 is 6.30. The summed E-state index contributed by atoms with van der Waals surface area (Å²) in [6.45, 7) is 19.6. The zero-order valence-corrected chi connectivity index (χ0v) is 33.4. The van der Waals surface area contributed by atoms with E-state index in [1.54, 1.807) is 6.07 Å². The Balaban J connectivity index is 0.827. The summed E-state index contributed by atoms with van der Waals surface area (Å²) in [4.78, 5) is 31.6. The molecule has 4 aliphatic rings. The van der Waals surface area contributed by atoms with Gasteiger partial charge >= 0.3 is 6.09 Å². The van der Waals surface area contributed by atoms with Crippen molar-refractivity contribution in [2.45, 2.75) is 90.4 Å². The van der Waals surface area contributed by atoms with Crippen molar-refractivity contribution >= 4 is 23.6 Å².